The van der Waals surface area contributed by atoms with Crippen LogP contribution in [0.3, 0.4) is 0 Å². The van der Waals surface area contributed by atoms with Gasteiger partial charge in [0.1, 0.15) is 5.60 Å². The second-order valence-corrected chi connectivity index (χ2v) is 3.72. The second-order valence-electron chi connectivity index (χ2n) is 3.72. The van der Waals surface area contributed by atoms with Crippen molar-refractivity contribution in [1.82, 2.24) is 0 Å². The Morgan fingerprint density at radius 3 is 2.31 bits per heavy atom. The van der Waals surface area contributed by atoms with Crippen molar-refractivity contribution in [2.75, 3.05) is 13.2 Å². The van der Waals surface area contributed by atoms with E-state index in [1.807, 2.05) is 0 Å². The average Bonchev–Trinajstić information content (AvgIpc) is 2.13. The zero-order valence-electron chi connectivity index (χ0n) is 8.79. The Balaban J connectivity index is 0.00000128. The molecule has 1 aromatic rings. The number of aliphatic hydroxyl groups is 1. The van der Waals surface area contributed by atoms with Gasteiger partial charge in [-0.1, -0.05) is 24.3 Å². The molecule has 1 fully saturated rings. The molecule has 0 unspecified atom stereocenters. The number of rotatable bonds is 2. The summed E-state index contributed by atoms with van der Waals surface area (Å²) in [5, 5.41) is 9.79. The monoisotopic (exact) mass is 256 g/mol. The van der Waals surface area contributed by atoms with Crippen LogP contribution in [0.5, 0.6) is 0 Å². The van der Waals surface area contributed by atoms with Gasteiger partial charge in [0.15, 0.2) is 0 Å². The fraction of sp³-hybridized carbons (Fsp3) is 0.333. The first-order valence-electron chi connectivity index (χ1n) is 4.52. The fourth-order valence-corrected chi connectivity index (χ4v) is 1.49. The molecule has 0 aromatic heterocycles. The molecule has 1 saturated heterocycles. The van der Waals surface area contributed by atoms with Gasteiger partial charge in [-0.15, -0.1) is 5.46 Å². The van der Waals surface area contributed by atoms with Gasteiger partial charge < -0.3 is 22.8 Å². The molecule has 1 N–H and O–H groups in total. The van der Waals surface area contributed by atoms with Crippen LogP contribution in [0, 0.1) is 0 Å². The third-order valence-corrected chi connectivity index (χ3v) is 2.48. The van der Waals surface area contributed by atoms with Crippen LogP contribution in [0.1, 0.15) is 5.56 Å². The summed E-state index contributed by atoms with van der Waals surface area (Å²) in [7, 11) is 0. The van der Waals surface area contributed by atoms with Crippen molar-refractivity contribution in [2.45, 2.75) is 5.60 Å². The summed E-state index contributed by atoms with van der Waals surface area (Å²) in [6, 6.07) is 4.78. The van der Waals surface area contributed by atoms with Crippen LogP contribution in [0.4, 0.5) is 12.9 Å². The van der Waals surface area contributed by atoms with E-state index in [1.165, 1.54) is 12.1 Å². The number of ether oxygens (including phenoxy) is 1. The van der Waals surface area contributed by atoms with Gasteiger partial charge >= 0.3 is 58.4 Å². The molecule has 1 heterocycles. The summed E-state index contributed by atoms with van der Waals surface area (Å²) in [5.41, 5.74) is -1.66. The Labute approximate surface area is 134 Å². The van der Waals surface area contributed by atoms with Crippen molar-refractivity contribution >= 4 is 12.4 Å². The van der Waals surface area contributed by atoms with Crippen molar-refractivity contribution in [3.63, 3.8) is 0 Å². The average molecular weight is 256 g/mol. The van der Waals surface area contributed by atoms with Crippen LogP contribution >= 0.6 is 0 Å². The number of hydrogen-bond donors (Lipinski definition) is 1. The minimum Gasteiger partial charge on any atom is -0.445 e. The van der Waals surface area contributed by atoms with E-state index in [4.69, 9.17) is 4.74 Å². The standard InChI is InChI=1S/C9H9BF3O2.K/c11-10(12,13)8-3-1-2-7(4-8)9(14)5-15-6-9;/h1-4,14H,5-6H2;/q-1;+1. The number of halogens is 3. The molecule has 0 amide bonds. The Hall–Kier alpha value is 0.631. The van der Waals surface area contributed by atoms with Crippen LogP contribution in [-0.2, 0) is 10.3 Å². The van der Waals surface area contributed by atoms with E-state index in [9.17, 15) is 18.1 Å². The minimum atomic E-state index is -5.01. The molecule has 2 rings (SSSR count). The largest absolute Gasteiger partial charge is 1.00 e. The summed E-state index contributed by atoms with van der Waals surface area (Å²) in [5.74, 6) is 0. The molecule has 0 radical (unpaired) electrons. The Morgan fingerprint density at radius 1 is 1.25 bits per heavy atom. The van der Waals surface area contributed by atoms with E-state index in [0.29, 0.717) is 0 Å². The predicted octanol–water partition coefficient (Wildman–Crippen LogP) is -2.04. The van der Waals surface area contributed by atoms with Gasteiger partial charge in [-0.3, -0.25) is 0 Å². The number of benzene rings is 1. The molecule has 0 atom stereocenters. The van der Waals surface area contributed by atoms with Gasteiger partial charge in [0, 0.05) is 0 Å². The molecule has 16 heavy (non-hydrogen) atoms. The van der Waals surface area contributed by atoms with Gasteiger partial charge in [0.2, 0.25) is 0 Å². The Morgan fingerprint density at radius 2 is 1.88 bits per heavy atom. The maximum Gasteiger partial charge on any atom is 1.00 e. The summed E-state index contributed by atoms with van der Waals surface area (Å²) in [6.45, 7) is -4.90. The first-order valence-corrected chi connectivity index (χ1v) is 4.52. The van der Waals surface area contributed by atoms with Crippen LogP contribution < -0.4 is 56.8 Å². The SMILES string of the molecule is OC1(c2cccc([B-](F)(F)F)c2)COC1.[K+]. The van der Waals surface area contributed by atoms with Crippen LogP contribution in [-0.4, -0.2) is 25.3 Å². The van der Waals surface area contributed by atoms with Gasteiger partial charge in [-0.2, -0.15) is 0 Å². The van der Waals surface area contributed by atoms with E-state index in [1.54, 1.807) is 0 Å². The Kier molecular flexibility index (Phi) is 4.68. The summed E-state index contributed by atoms with van der Waals surface area (Å²) in [4.78, 5) is 0. The van der Waals surface area contributed by atoms with Gasteiger partial charge in [0.05, 0.1) is 13.2 Å². The fourth-order valence-electron chi connectivity index (χ4n) is 1.49. The van der Waals surface area contributed by atoms with E-state index in [-0.39, 0.29) is 70.2 Å². The molecule has 1 aliphatic heterocycles. The van der Waals surface area contributed by atoms with E-state index in [2.05, 4.69) is 0 Å². The van der Waals surface area contributed by atoms with E-state index < -0.39 is 18.0 Å². The topological polar surface area (TPSA) is 29.5 Å². The smallest absolute Gasteiger partial charge is 0.445 e. The third-order valence-electron chi connectivity index (χ3n) is 2.48. The quantitative estimate of drug-likeness (QED) is 0.618. The van der Waals surface area contributed by atoms with Crippen LogP contribution in [0.15, 0.2) is 24.3 Å². The number of hydrogen-bond acceptors (Lipinski definition) is 2. The van der Waals surface area contributed by atoms with Gasteiger partial charge in [-0.05, 0) is 5.56 Å². The Bertz CT molecular complexity index is 379. The van der Waals surface area contributed by atoms with Crippen LogP contribution in [0.2, 0.25) is 0 Å². The van der Waals surface area contributed by atoms with Crippen molar-refractivity contribution in [1.29, 1.82) is 0 Å². The van der Waals surface area contributed by atoms with Gasteiger partial charge in [-0.25, -0.2) is 0 Å². The summed E-state index contributed by atoms with van der Waals surface area (Å²) < 4.78 is 42.1. The first-order chi connectivity index (χ1) is 6.92. The second kappa shape index (κ2) is 5.09. The van der Waals surface area contributed by atoms with Crippen molar-refractivity contribution < 1.29 is 74.2 Å². The van der Waals surface area contributed by atoms with Crippen molar-refractivity contribution in [2.24, 2.45) is 0 Å². The molecule has 2 nitrogen and oxygen atoms in total. The molecule has 1 aromatic carbocycles. The normalized spacial score (nSPS) is 18.5. The molecule has 0 saturated carbocycles. The summed E-state index contributed by atoms with van der Waals surface area (Å²) in [6.07, 6.45) is 0. The van der Waals surface area contributed by atoms with Crippen LogP contribution in [0.25, 0.3) is 0 Å². The molecule has 0 bridgehead atoms. The van der Waals surface area contributed by atoms with Gasteiger partial charge in [0.25, 0.3) is 0 Å². The van der Waals surface area contributed by atoms with E-state index in [0.717, 1.165) is 12.1 Å². The maximum absolute atomic E-state index is 12.4. The third kappa shape index (κ3) is 2.90. The summed E-state index contributed by atoms with van der Waals surface area (Å²) >= 11 is 0. The van der Waals surface area contributed by atoms with Crippen molar-refractivity contribution in [3.8, 4) is 0 Å². The first kappa shape index (κ1) is 14.7. The molecular formula is C9H9BF3KO2. The molecular weight excluding hydrogens is 247 g/mol. The molecule has 7 heteroatoms. The molecule has 1 aliphatic rings. The maximum atomic E-state index is 12.4. The zero-order valence-corrected chi connectivity index (χ0v) is 11.9. The molecule has 82 valence electrons. The molecule has 0 aliphatic carbocycles. The minimum absolute atomic E-state index is 0. The van der Waals surface area contributed by atoms with E-state index >= 15 is 0 Å². The zero-order chi connectivity index (χ0) is 11.1. The molecule has 0 spiro atoms. The predicted molar refractivity (Wildman–Crippen MR) is 49.9 cm³/mol. The van der Waals surface area contributed by atoms with Crippen molar-refractivity contribution in [3.05, 3.63) is 29.8 Å².